The van der Waals surface area contributed by atoms with Gasteiger partial charge in [-0.05, 0) is 97.4 Å². The number of ether oxygens (including phenoxy) is 2. The Morgan fingerprint density at radius 3 is 1.84 bits per heavy atom. The third-order valence-electron chi connectivity index (χ3n) is 7.67. The molecule has 0 N–H and O–H groups in total. The van der Waals surface area contributed by atoms with Gasteiger partial charge in [-0.1, -0.05) is 18.2 Å². The lowest BCUT2D eigenvalue weighted by molar-refractivity contribution is -0.113. The van der Waals surface area contributed by atoms with E-state index in [1.807, 2.05) is 30.3 Å². The maximum atomic E-state index is 11.7. The topological polar surface area (TPSA) is 62.6 Å². The number of allylic oxidation sites excluding steroid dienone is 1. The number of benzene rings is 4. The van der Waals surface area contributed by atoms with Gasteiger partial charge in [0.1, 0.15) is 17.6 Å². The van der Waals surface area contributed by atoms with E-state index in [-0.39, 0.29) is 11.4 Å². The summed E-state index contributed by atoms with van der Waals surface area (Å²) in [5, 5.41) is 11.7. The Kier molecular flexibility index (Phi) is 7.60. The molecule has 3 aromatic heterocycles. The van der Waals surface area contributed by atoms with Crippen molar-refractivity contribution in [2.45, 2.75) is 6.92 Å². The zero-order valence-corrected chi connectivity index (χ0v) is 27.1. The van der Waals surface area contributed by atoms with Crippen molar-refractivity contribution >= 4 is 92.5 Å². The molecule has 0 radical (unpaired) electrons. The van der Waals surface area contributed by atoms with Crippen LogP contribution in [-0.2, 0) is 4.79 Å². The first-order chi connectivity index (χ1) is 21.9. The maximum Gasteiger partial charge on any atom is 0.170 e. The molecule has 8 heteroatoms. The first-order valence-corrected chi connectivity index (χ1v) is 16.6. The minimum Gasteiger partial charge on any atom is -0.497 e. The van der Waals surface area contributed by atoms with Crippen LogP contribution in [0.25, 0.3) is 46.1 Å². The van der Waals surface area contributed by atoms with E-state index in [4.69, 9.17) is 9.47 Å². The molecule has 0 fully saturated rings. The van der Waals surface area contributed by atoms with Gasteiger partial charge in [0.2, 0.25) is 0 Å². The number of nitriles is 1. The third kappa shape index (κ3) is 5.47. The summed E-state index contributed by atoms with van der Waals surface area (Å²) in [5.41, 5.74) is 4.49. The summed E-state index contributed by atoms with van der Waals surface area (Å²) < 4.78 is 15.6. The van der Waals surface area contributed by atoms with Gasteiger partial charge >= 0.3 is 0 Å². The molecule has 3 heterocycles. The normalized spacial score (nSPS) is 11.6. The van der Waals surface area contributed by atoms with Crippen LogP contribution in [-0.4, -0.2) is 20.0 Å². The van der Waals surface area contributed by atoms with Crippen molar-refractivity contribution in [3.63, 3.8) is 0 Å². The van der Waals surface area contributed by atoms with Crippen LogP contribution in [0.3, 0.4) is 0 Å². The van der Waals surface area contributed by atoms with Crippen LogP contribution in [0.5, 0.6) is 11.5 Å². The van der Waals surface area contributed by atoms with Crippen LogP contribution < -0.4 is 14.4 Å². The van der Waals surface area contributed by atoms with E-state index >= 15 is 0 Å². The predicted molar refractivity (Wildman–Crippen MR) is 190 cm³/mol. The summed E-state index contributed by atoms with van der Waals surface area (Å²) in [6.45, 7) is 1.42. The smallest absolute Gasteiger partial charge is 0.170 e. The lowest BCUT2D eigenvalue weighted by Gasteiger charge is -2.26. The number of nitrogens with zero attached hydrogens (tertiary/aromatic N) is 2. The molecule has 5 nitrogen and oxygen atoms in total. The second-order valence-electron chi connectivity index (χ2n) is 10.4. The molecule has 0 spiro atoms. The van der Waals surface area contributed by atoms with Gasteiger partial charge in [0.15, 0.2) is 5.78 Å². The molecule has 7 rings (SSSR count). The van der Waals surface area contributed by atoms with Crippen LogP contribution in [0, 0.1) is 11.3 Å². The third-order valence-corrected chi connectivity index (χ3v) is 11.1. The van der Waals surface area contributed by atoms with E-state index in [9.17, 15) is 10.1 Å². The number of fused-ring (bicyclic) bond motifs is 4. The molecule has 0 aliphatic carbocycles. The van der Waals surface area contributed by atoms with Crippen LogP contribution in [0.4, 0.5) is 17.1 Å². The zero-order valence-electron chi connectivity index (χ0n) is 24.7. The first-order valence-electron chi connectivity index (χ1n) is 14.1. The fraction of sp³-hybridized carbons (Fsp3) is 0.0811. The number of methoxy groups -OCH3 is 2. The largest absolute Gasteiger partial charge is 0.497 e. The van der Waals surface area contributed by atoms with Crippen molar-refractivity contribution < 1.29 is 14.3 Å². The molecule has 0 amide bonds. The molecule has 0 atom stereocenters. The molecule has 45 heavy (non-hydrogen) atoms. The lowest BCUT2D eigenvalue weighted by atomic mass is 10.1. The number of hydrogen-bond donors (Lipinski definition) is 0. The van der Waals surface area contributed by atoms with Gasteiger partial charge in [0, 0.05) is 56.4 Å². The standard InChI is InChI=1S/C37H26N2O3S3/c1-22(40)24(21-38)16-30-19-36-37(43-30)20-33(44-36)23-4-14-31-32-15-9-27(18-35(32)45-34(31)17-23)39(25-5-10-28(41-2)11-6-25)26-7-12-29(42-3)13-8-26/h4-20H,1-3H3/b24-16+. The van der Waals surface area contributed by atoms with Gasteiger partial charge in [-0.3, -0.25) is 4.79 Å². The molecular formula is C37H26N2O3S3. The minimum absolute atomic E-state index is 0.179. The number of carbonyl (C=O) groups excluding carboxylic acids is 1. The Balaban J connectivity index is 1.26. The van der Waals surface area contributed by atoms with Gasteiger partial charge in [-0.15, -0.1) is 34.0 Å². The monoisotopic (exact) mass is 642 g/mol. The summed E-state index contributed by atoms with van der Waals surface area (Å²) in [5.74, 6) is 1.41. The highest BCUT2D eigenvalue weighted by atomic mass is 32.1. The highest BCUT2D eigenvalue weighted by Gasteiger charge is 2.16. The number of thiophene rings is 3. The van der Waals surface area contributed by atoms with Crippen molar-refractivity contribution in [2.75, 3.05) is 19.1 Å². The summed E-state index contributed by atoms with van der Waals surface area (Å²) >= 11 is 5.13. The number of carbonyl (C=O) groups is 1. The van der Waals surface area contributed by atoms with E-state index < -0.39 is 0 Å². The summed E-state index contributed by atoms with van der Waals surface area (Å²) in [6.07, 6.45) is 1.68. The fourth-order valence-corrected chi connectivity index (χ4v) is 8.92. The summed E-state index contributed by atoms with van der Waals surface area (Å²) in [7, 11) is 3.35. The van der Waals surface area contributed by atoms with E-state index in [2.05, 4.69) is 77.7 Å². The summed E-state index contributed by atoms with van der Waals surface area (Å²) in [4.78, 5) is 16.0. The number of rotatable bonds is 8. The molecule has 0 bridgehead atoms. The molecule has 0 saturated carbocycles. The van der Waals surface area contributed by atoms with E-state index in [1.54, 1.807) is 54.3 Å². The molecule has 0 unspecified atom stereocenters. The van der Waals surface area contributed by atoms with Gasteiger partial charge < -0.3 is 14.4 Å². The zero-order chi connectivity index (χ0) is 31.1. The Bertz CT molecular complexity index is 2210. The number of anilines is 3. The maximum absolute atomic E-state index is 11.7. The fourth-order valence-electron chi connectivity index (χ4n) is 5.39. The average Bonchev–Trinajstić information content (AvgIpc) is 3.75. The van der Waals surface area contributed by atoms with Crippen molar-refractivity contribution in [3.8, 4) is 28.0 Å². The van der Waals surface area contributed by atoms with Crippen molar-refractivity contribution in [3.05, 3.63) is 108 Å². The number of hydrogen-bond acceptors (Lipinski definition) is 8. The van der Waals surface area contributed by atoms with E-state index in [0.29, 0.717) is 0 Å². The Labute approximate surface area is 272 Å². The Morgan fingerprint density at radius 2 is 1.27 bits per heavy atom. The second-order valence-corrected chi connectivity index (χ2v) is 13.7. The molecule has 220 valence electrons. The van der Waals surface area contributed by atoms with Crippen molar-refractivity contribution in [2.24, 2.45) is 0 Å². The van der Waals surface area contributed by atoms with E-state index in [0.717, 1.165) is 42.8 Å². The summed E-state index contributed by atoms with van der Waals surface area (Å²) in [6, 6.07) is 35.8. The molecule has 4 aromatic carbocycles. The highest BCUT2D eigenvalue weighted by Crippen LogP contribution is 2.44. The van der Waals surface area contributed by atoms with Crippen LogP contribution in [0.1, 0.15) is 11.8 Å². The van der Waals surface area contributed by atoms with Crippen molar-refractivity contribution in [1.29, 1.82) is 5.26 Å². The van der Waals surface area contributed by atoms with Gasteiger partial charge in [-0.25, -0.2) is 0 Å². The second kappa shape index (κ2) is 11.9. The Morgan fingerprint density at radius 1 is 0.689 bits per heavy atom. The number of ketones is 1. The van der Waals surface area contributed by atoms with Gasteiger partial charge in [-0.2, -0.15) is 5.26 Å². The van der Waals surface area contributed by atoms with Crippen LogP contribution >= 0.6 is 34.0 Å². The van der Waals surface area contributed by atoms with E-state index in [1.165, 1.54) is 37.5 Å². The predicted octanol–water partition coefficient (Wildman–Crippen LogP) is 11.0. The molecule has 0 aliphatic rings. The molecular weight excluding hydrogens is 617 g/mol. The Hall–Kier alpha value is -4.94. The van der Waals surface area contributed by atoms with Gasteiger partial charge in [0.05, 0.1) is 19.8 Å². The minimum atomic E-state index is -0.215. The highest BCUT2D eigenvalue weighted by molar-refractivity contribution is 7.30. The van der Waals surface area contributed by atoms with Gasteiger partial charge in [0.25, 0.3) is 0 Å². The average molecular weight is 643 g/mol. The van der Waals surface area contributed by atoms with Crippen LogP contribution in [0.2, 0.25) is 0 Å². The van der Waals surface area contributed by atoms with Crippen LogP contribution in [0.15, 0.2) is 103 Å². The first kappa shape index (κ1) is 28.8. The van der Waals surface area contributed by atoms with Crippen molar-refractivity contribution in [1.82, 2.24) is 0 Å². The lowest BCUT2D eigenvalue weighted by Crippen LogP contribution is -2.09. The number of Topliss-reactive ketones (excluding diaryl/α,β-unsaturated/α-hetero) is 1. The molecule has 7 aromatic rings. The molecule has 0 aliphatic heterocycles. The SMILES string of the molecule is COc1ccc(N(c2ccc(OC)cc2)c2ccc3c(c2)sc2cc(-c4cc5sc(/C=C(\C#N)C(C)=O)cc5s4)ccc23)cc1. The molecule has 0 saturated heterocycles. The quantitative estimate of drug-likeness (QED) is 0.122.